The summed E-state index contributed by atoms with van der Waals surface area (Å²) in [6, 6.07) is 2.01. The highest BCUT2D eigenvalue weighted by atomic mass is 19.3. The first kappa shape index (κ1) is 9.30. The van der Waals surface area contributed by atoms with Crippen LogP contribution in [-0.4, -0.2) is 9.91 Å². The van der Waals surface area contributed by atoms with Crippen molar-refractivity contribution in [3.8, 4) is 0 Å². The number of nitrogen functional groups attached to an aromatic ring is 1. The van der Waals surface area contributed by atoms with Crippen molar-refractivity contribution < 1.29 is 13.7 Å². The summed E-state index contributed by atoms with van der Waals surface area (Å²) in [4.78, 5) is 12.4. The smallest absolute Gasteiger partial charge is 0.364 e. The van der Waals surface area contributed by atoms with Gasteiger partial charge in [-0.2, -0.15) is 0 Å². The van der Waals surface area contributed by atoms with E-state index in [1.165, 1.54) is 0 Å². The van der Waals surface area contributed by atoms with E-state index in [-0.39, 0.29) is 5.69 Å². The van der Waals surface area contributed by atoms with Crippen LogP contribution < -0.4 is 5.73 Å². The summed E-state index contributed by atoms with van der Waals surface area (Å²) < 4.78 is 24.2. The fourth-order valence-electron chi connectivity index (χ4n) is 0.751. The molecule has 0 unspecified atom stereocenters. The van der Waals surface area contributed by atoms with Gasteiger partial charge in [-0.3, -0.25) is 0 Å². The van der Waals surface area contributed by atoms with Gasteiger partial charge in [-0.25, -0.2) is 8.78 Å². The summed E-state index contributed by atoms with van der Waals surface area (Å²) in [7, 11) is 0. The van der Waals surface area contributed by atoms with Crippen molar-refractivity contribution >= 4 is 11.5 Å². The van der Waals surface area contributed by atoms with E-state index in [0.29, 0.717) is 0 Å². The van der Waals surface area contributed by atoms with Crippen LogP contribution in [0.5, 0.6) is 0 Å². The maximum Gasteiger partial charge on any atom is 0.364 e. The van der Waals surface area contributed by atoms with E-state index in [1.807, 2.05) is 0 Å². The summed E-state index contributed by atoms with van der Waals surface area (Å²) in [5, 5.41) is 10.1. The van der Waals surface area contributed by atoms with Crippen LogP contribution >= 0.6 is 0 Å². The van der Waals surface area contributed by atoms with Gasteiger partial charge in [-0.1, -0.05) is 0 Å². The average molecular weight is 189 g/mol. The lowest BCUT2D eigenvalue weighted by molar-refractivity contribution is -0.389. The number of hydrogen-bond donors (Lipinski definition) is 1. The fraction of sp³-hybridized carbons (Fsp3) is 0.167. The van der Waals surface area contributed by atoms with Crippen molar-refractivity contribution in [3.63, 3.8) is 0 Å². The molecule has 0 bridgehead atoms. The molecule has 2 N–H and O–H groups in total. The van der Waals surface area contributed by atoms with Gasteiger partial charge in [0.05, 0.1) is 5.69 Å². The Labute approximate surface area is 71.3 Å². The molecule has 0 aromatic carbocycles. The molecule has 0 atom stereocenters. The van der Waals surface area contributed by atoms with Gasteiger partial charge in [-0.15, -0.1) is 0 Å². The second-order valence-corrected chi connectivity index (χ2v) is 2.20. The SMILES string of the molecule is Nc1ccc([N+](=O)[O-])nc1C(F)F. The molecule has 1 aromatic rings. The van der Waals surface area contributed by atoms with Gasteiger partial charge in [0, 0.05) is 6.07 Å². The van der Waals surface area contributed by atoms with E-state index >= 15 is 0 Å². The number of nitrogens with two attached hydrogens (primary N) is 1. The van der Waals surface area contributed by atoms with Crippen LogP contribution in [0.2, 0.25) is 0 Å². The standard InChI is InChI=1S/C6H5F2N3O2/c7-6(8)5-3(9)1-2-4(10-5)11(12)13/h1-2,6H,9H2. The normalized spacial score (nSPS) is 10.4. The molecular weight excluding hydrogens is 184 g/mol. The van der Waals surface area contributed by atoms with Crippen LogP contribution in [0.25, 0.3) is 0 Å². The number of anilines is 1. The molecular formula is C6H5F2N3O2. The first-order chi connectivity index (χ1) is 6.02. The first-order valence-corrected chi connectivity index (χ1v) is 3.21. The van der Waals surface area contributed by atoms with Crippen LogP contribution in [-0.2, 0) is 0 Å². The maximum absolute atomic E-state index is 12.1. The monoisotopic (exact) mass is 189 g/mol. The number of rotatable bonds is 2. The maximum atomic E-state index is 12.1. The molecule has 1 aromatic heterocycles. The molecule has 0 radical (unpaired) electrons. The van der Waals surface area contributed by atoms with Crippen molar-refractivity contribution in [3.05, 3.63) is 27.9 Å². The highest BCUT2D eigenvalue weighted by Crippen LogP contribution is 2.24. The van der Waals surface area contributed by atoms with E-state index in [2.05, 4.69) is 4.98 Å². The molecule has 0 fully saturated rings. The zero-order chi connectivity index (χ0) is 10.0. The number of nitrogens with zero attached hydrogens (tertiary/aromatic N) is 2. The number of nitro groups is 1. The number of halogens is 2. The highest BCUT2D eigenvalue weighted by Gasteiger charge is 2.21. The summed E-state index contributed by atoms with van der Waals surface area (Å²) in [5.41, 5.74) is 4.12. The van der Waals surface area contributed by atoms with Gasteiger partial charge in [0.1, 0.15) is 0 Å². The number of pyridine rings is 1. The Balaban J connectivity index is 3.19. The zero-order valence-electron chi connectivity index (χ0n) is 6.28. The van der Waals surface area contributed by atoms with Crippen molar-refractivity contribution in [2.45, 2.75) is 6.43 Å². The molecule has 1 rings (SSSR count). The van der Waals surface area contributed by atoms with Crippen molar-refractivity contribution in [2.75, 3.05) is 5.73 Å². The van der Waals surface area contributed by atoms with Crippen LogP contribution in [0.15, 0.2) is 12.1 Å². The van der Waals surface area contributed by atoms with Gasteiger partial charge >= 0.3 is 12.2 Å². The lowest BCUT2D eigenvalue weighted by Crippen LogP contribution is -2.01. The second-order valence-electron chi connectivity index (χ2n) is 2.20. The van der Waals surface area contributed by atoms with Gasteiger partial charge in [0.25, 0.3) is 0 Å². The molecule has 0 saturated carbocycles. The van der Waals surface area contributed by atoms with Crippen LogP contribution in [0.1, 0.15) is 12.1 Å². The Morgan fingerprint density at radius 2 is 2.15 bits per heavy atom. The van der Waals surface area contributed by atoms with E-state index in [1.54, 1.807) is 0 Å². The molecule has 0 aliphatic rings. The third-order valence-corrected chi connectivity index (χ3v) is 1.34. The molecule has 0 amide bonds. The summed E-state index contributed by atoms with van der Waals surface area (Å²) >= 11 is 0. The predicted octanol–water partition coefficient (Wildman–Crippen LogP) is 1.51. The second kappa shape index (κ2) is 3.30. The number of alkyl halides is 2. The molecule has 0 aliphatic heterocycles. The first-order valence-electron chi connectivity index (χ1n) is 3.21. The quantitative estimate of drug-likeness (QED) is 0.564. The molecule has 0 saturated heterocycles. The predicted molar refractivity (Wildman–Crippen MR) is 40.3 cm³/mol. The minimum absolute atomic E-state index is 0.249. The third kappa shape index (κ3) is 1.86. The number of aromatic nitrogens is 1. The lowest BCUT2D eigenvalue weighted by atomic mass is 10.3. The molecule has 1 heterocycles. The van der Waals surface area contributed by atoms with Crippen molar-refractivity contribution in [1.29, 1.82) is 0 Å². The van der Waals surface area contributed by atoms with Crippen molar-refractivity contribution in [1.82, 2.24) is 4.98 Å². The summed E-state index contributed by atoms with van der Waals surface area (Å²) in [6.07, 6.45) is -2.90. The molecule has 0 aliphatic carbocycles. The van der Waals surface area contributed by atoms with E-state index in [0.717, 1.165) is 12.1 Å². The largest absolute Gasteiger partial charge is 0.395 e. The molecule has 13 heavy (non-hydrogen) atoms. The minimum Gasteiger partial charge on any atom is -0.395 e. The zero-order valence-corrected chi connectivity index (χ0v) is 6.28. The molecule has 70 valence electrons. The van der Waals surface area contributed by atoms with Crippen LogP contribution in [0.4, 0.5) is 20.3 Å². The van der Waals surface area contributed by atoms with Gasteiger partial charge in [0.2, 0.25) is 5.69 Å². The summed E-state index contributed by atoms with van der Waals surface area (Å²) in [5.74, 6) is -0.635. The van der Waals surface area contributed by atoms with Crippen LogP contribution in [0, 0.1) is 10.1 Å². The Morgan fingerprint density at radius 1 is 1.54 bits per heavy atom. The highest BCUT2D eigenvalue weighted by molar-refractivity contribution is 5.46. The molecule has 7 heteroatoms. The van der Waals surface area contributed by atoms with Crippen LogP contribution in [0.3, 0.4) is 0 Å². The summed E-state index contributed by atoms with van der Waals surface area (Å²) in [6.45, 7) is 0. The Kier molecular flexibility index (Phi) is 2.36. The van der Waals surface area contributed by atoms with Crippen molar-refractivity contribution in [2.24, 2.45) is 0 Å². The lowest BCUT2D eigenvalue weighted by Gasteiger charge is -1.98. The Hall–Kier alpha value is -1.79. The minimum atomic E-state index is -2.90. The molecule has 5 nitrogen and oxygen atoms in total. The molecule has 0 spiro atoms. The third-order valence-electron chi connectivity index (χ3n) is 1.34. The van der Waals surface area contributed by atoms with Gasteiger partial charge in [0.15, 0.2) is 0 Å². The number of hydrogen-bond acceptors (Lipinski definition) is 4. The van der Waals surface area contributed by atoms with E-state index in [9.17, 15) is 18.9 Å². The fourth-order valence-corrected chi connectivity index (χ4v) is 0.751. The average Bonchev–Trinajstić information content (AvgIpc) is 2.04. The van der Waals surface area contributed by atoms with Gasteiger partial charge < -0.3 is 15.8 Å². The van der Waals surface area contributed by atoms with E-state index < -0.39 is 22.9 Å². The van der Waals surface area contributed by atoms with Gasteiger partial charge in [-0.05, 0) is 16.0 Å². The Bertz CT molecular complexity index is 343. The topological polar surface area (TPSA) is 82.0 Å². The Morgan fingerprint density at radius 3 is 2.62 bits per heavy atom. The van der Waals surface area contributed by atoms with E-state index in [4.69, 9.17) is 5.73 Å².